The van der Waals surface area contributed by atoms with Crippen LogP contribution in [0.2, 0.25) is 0 Å². The number of carbonyl (C=O) groups is 1. The fourth-order valence-electron chi connectivity index (χ4n) is 3.07. The van der Waals surface area contributed by atoms with Gasteiger partial charge in [0.1, 0.15) is 0 Å². The molecule has 0 radical (unpaired) electrons. The second kappa shape index (κ2) is 8.52. The van der Waals surface area contributed by atoms with E-state index in [2.05, 4.69) is 77.1 Å². The lowest BCUT2D eigenvalue weighted by molar-refractivity contribution is -0.121. The van der Waals surface area contributed by atoms with Crippen LogP contribution in [0, 0.1) is 0 Å². The van der Waals surface area contributed by atoms with Crippen LogP contribution in [0.25, 0.3) is 5.57 Å². The highest BCUT2D eigenvalue weighted by molar-refractivity contribution is 5.76. The molecule has 0 spiro atoms. The van der Waals surface area contributed by atoms with Gasteiger partial charge in [0.05, 0.1) is 6.04 Å². The third kappa shape index (κ3) is 4.63. The lowest BCUT2D eigenvalue weighted by atomic mass is 9.99. The molecule has 1 amide bonds. The summed E-state index contributed by atoms with van der Waals surface area (Å²) < 4.78 is 0. The Kier molecular flexibility index (Phi) is 5.90. The molecule has 1 unspecified atom stereocenters. The van der Waals surface area contributed by atoms with Gasteiger partial charge >= 0.3 is 0 Å². The number of benzene rings is 2. The van der Waals surface area contributed by atoms with Crippen molar-refractivity contribution in [1.29, 1.82) is 0 Å². The minimum Gasteiger partial charge on any atom is -0.369 e. The summed E-state index contributed by atoms with van der Waals surface area (Å²) in [5, 5.41) is 3.00. The fraction of sp³-hybridized carbons (Fsp3) is 0.261. The maximum absolute atomic E-state index is 11.5. The quantitative estimate of drug-likeness (QED) is 0.823. The average molecular weight is 346 g/mol. The summed E-state index contributed by atoms with van der Waals surface area (Å²) in [6, 6.07) is 19.0. The third-order valence-corrected chi connectivity index (χ3v) is 4.68. The van der Waals surface area contributed by atoms with Crippen molar-refractivity contribution in [3.05, 3.63) is 89.6 Å². The van der Waals surface area contributed by atoms with Gasteiger partial charge in [-0.2, -0.15) is 0 Å². The van der Waals surface area contributed by atoms with E-state index in [0.717, 1.165) is 18.7 Å². The van der Waals surface area contributed by atoms with Gasteiger partial charge in [-0.05, 0) is 35.3 Å². The first kappa shape index (κ1) is 18.0. The average Bonchev–Trinajstić information content (AvgIpc) is 2.69. The fourth-order valence-corrected chi connectivity index (χ4v) is 3.07. The first-order valence-corrected chi connectivity index (χ1v) is 9.21. The van der Waals surface area contributed by atoms with E-state index in [1.807, 2.05) is 19.9 Å². The van der Waals surface area contributed by atoms with E-state index in [1.165, 1.54) is 16.7 Å². The Labute approximate surface area is 156 Å². The molecule has 1 aliphatic heterocycles. The van der Waals surface area contributed by atoms with Crippen LogP contribution in [-0.4, -0.2) is 17.4 Å². The topological polar surface area (TPSA) is 32.3 Å². The summed E-state index contributed by atoms with van der Waals surface area (Å²) in [6.45, 7) is 5.72. The maximum Gasteiger partial charge on any atom is 0.220 e. The highest BCUT2D eigenvalue weighted by Gasteiger charge is 2.10. The predicted octanol–water partition coefficient (Wildman–Crippen LogP) is 4.69. The highest BCUT2D eigenvalue weighted by atomic mass is 16.1. The second-order valence-electron chi connectivity index (χ2n) is 6.66. The molecule has 0 saturated heterocycles. The van der Waals surface area contributed by atoms with E-state index < -0.39 is 0 Å². The summed E-state index contributed by atoms with van der Waals surface area (Å²) in [7, 11) is 0. The second-order valence-corrected chi connectivity index (χ2v) is 6.66. The van der Waals surface area contributed by atoms with Crippen molar-refractivity contribution in [2.75, 3.05) is 6.54 Å². The van der Waals surface area contributed by atoms with E-state index >= 15 is 0 Å². The van der Waals surface area contributed by atoms with Crippen LogP contribution in [0.4, 0.5) is 0 Å². The monoisotopic (exact) mass is 346 g/mol. The smallest absolute Gasteiger partial charge is 0.220 e. The Morgan fingerprint density at radius 2 is 1.85 bits per heavy atom. The van der Waals surface area contributed by atoms with Crippen molar-refractivity contribution in [1.82, 2.24) is 10.2 Å². The molecule has 1 atom stereocenters. The van der Waals surface area contributed by atoms with Crippen molar-refractivity contribution >= 4 is 11.5 Å². The van der Waals surface area contributed by atoms with Crippen molar-refractivity contribution in [2.24, 2.45) is 0 Å². The molecule has 2 aromatic rings. The van der Waals surface area contributed by atoms with Crippen LogP contribution in [0.1, 0.15) is 43.0 Å². The van der Waals surface area contributed by atoms with Gasteiger partial charge in [-0.1, -0.05) is 67.6 Å². The van der Waals surface area contributed by atoms with Crippen molar-refractivity contribution in [3.8, 4) is 0 Å². The number of hydrogen-bond acceptors (Lipinski definition) is 2. The van der Waals surface area contributed by atoms with Crippen LogP contribution in [-0.2, 0) is 11.3 Å². The zero-order valence-electron chi connectivity index (χ0n) is 15.5. The number of nitrogens with one attached hydrogen (secondary N) is 1. The van der Waals surface area contributed by atoms with Crippen molar-refractivity contribution in [3.63, 3.8) is 0 Å². The number of allylic oxidation sites excluding steroid dienone is 2. The summed E-state index contributed by atoms with van der Waals surface area (Å²) in [4.78, 5) is 13.8. The molecule has 3 heteroatoms. The van der Waals surface area contributed by atoms with Crippen LogP contribution in [0.5, 0.6) is 0 Å². The van der Waals surface area contributed by atoms with Gasteiger partial charge in [0.2, 0.25) is 5.91 Å². The van der Waals surface area contributed by atoms with Crippen LogP contribution in [0.15, 0.2) is 72.9 Å². The molecule has 1 aliphatic rings. The summed E-state index contributed by atoms with van der Waals surface area (Å²) in [5.41, 5.74) is 4.90. The zero-order valence-corrected chi connectivity index (χ0v) is 15.5. The molecule has 3 rings (SSSR count). The largest absolute Gasteiger partial charge is 0.369 e. The van der Waals surface area contributed by atoms with E-state index in [0.29, 0.717) is 6.42 Å². The summed E-state index contributed by atoms with van der Waals surface area (Å²) in [6.07, 6.45) is 7.11. The lowest BCUT2D eigenvalue weighted by Gasteiger charge is -2.23. The lowest BCUT2D eigenvalue weighted by Crippen LogP contribution is -2.25. The Bertz CT molecular complexity index is 791. The normalized spacial score (nSPS) is 14.7. The summed E-state index contributed by atoms with van der Waals surface area (Å²) in [5.74, 6) is 0.0815. The van der Waals surface area contributed by atoms with E-state index in [1.54, 1.807) is 0 Å². The number of amides is 1. The number of nitrogens with zero attached hydrogens (tertiary/aromatic N) is 1. The zero-order chi connectivity index (χ0) is 18.4. The van der Waals surface area contributed by atoms with E-state index in [4.69, 9.17) is 0 Å². The van der Waals surface area contributed by atoms with Gasteiger partial charge in [-0.15, -0.1) is 0 Å². The van der Waals surface area contributed by atoms with Gasteiger partial charge in [0, 0.05) is 25.7 Å². The van der Waals surface area contributed by atoms with Crippen molar-refractivity contribution in [2.45, 2.75) is 32.9 Å². The first-order valence-electron chi connectivity index (χ1n) is 9.21. The molecule has 134 valence electrons. The minimum atomic E-state index is 0.0359. The van der Waals surface area contributed by atoms with E-state index in [-0.39, 0.29) is 11.9 Å². The Morgan fingerprint density at radius 3 is 2.46 bits per heavy atom. The molecule has 0 aromatic heterocycles. The molecule has 0 aliphatic carbocycles. The molecule has 3 nitrogen and oxygen atoms in total. The molecular formula is C23H26N2O. The minimum absolute atomic E-state index is 0.0359. The molecule has 1 heterocycles. The Balaban J connectivity index is 1.60. The van der Waals surface area contributed by atoms with Crippen LogP contribution < -0.4 is 5.32 Å². The number of carbonyl (C=O) groups excluding carboxylic acids is 1. The van der Waals surface area contributed by atoms with Crippen LogP contribution >= 0.6 is 0 Å². The first-order chi connectivity index (χ1) is 12.7. The maximum atomic E-state index is 11.5. The Hall–Kier alpha value is -2.81. The van der Waals surface area contributed by atoms with Crippen molar-refractivity contribution < 1.29 is 4.79 Å². The molecule has 26 heavy (non-hydrogen) atoms. The number of hydrogen-bond donors (Lipinski definition) is 1. The van der Waals surface area contributed by atoms with Gasteiger partial charge in [0.25, 0.3) is 0 Å². The third-order valence-electron chi connectivity index (χ3n) is 4.68. The van der Waals surface area contributed by atoms with Gasteiger partial charge in [-0.3, -0.25) is 4.79 Å². The molecule has 0 saturated carbocycles. The van der Waals surface area contributed by atoms with Crippen LogP contribution in [0.3, 0.4) is 0 Å². The number of rotatable bonds is 6. The molecule has 1 N–H and O–H groups in total. The van der Waals surface area contributed by atoms with Gasteiger partial charge in [-0.25, -0.2) is 0 Å². The molecular weight excluding hydrogens is 320 g/mol. The van der Waals surface area contributed by atoms with Gasteiger partial charge < -0.3 is 10.2 Å². The van der Waals surface area contributed by atoms with Gasteiger partial charge in [0.15, 0.2) is 0 Å². The highest BCUT2D eigenvalue weighted by Crippen LogP contribution is 2.23. The standard InChI is InChI=1S/C23H26N2O/c1-3-23(26)24-18(2)20-9-11-21(12-10-20)22-13-15-25(16-14-22)17-19-7-5-4-6-8-19/h4-15,18H,3,16-17H2,1-2H3,(H,24,26). The summed E-state index contributed by atoms with van der Waals surface area (Å²) >= 11 is 0. The molecule has 2 aromatic carbocycles. The SMILES string of the molecule is CCC(=O)NC(C)c1ccc(C2=CCN(Cc3ccccc3)C=C2)cc1. The molecule has 0 bridgehead atoms. The molecule has 0 fully saturated rings. The predicted molar refractivity (Wildman–Crippen MR) is 107 cm³/mol. The Morgan fingerprint density at radius 1 is 1.12 bits per heavy atom. The van der Waals surface area contributed by atoms with E-state index in [9.17, 15) is 4.79 Å².